The minimum Gasteiger partial charge on any atom is -0.436 e. The van der Waals surface area contributed by atoms with E-state index < -0.39 is 0 Å². The molecular formula is C18H26N6O4. The van der Waals surface area contributed by atoms with Crippen LogP contribution in [0.2, 0.25) is 0 Å². The second-order valence-electron chi connectivity index (χ2n) is 6.98. The van der Waals surface area contributed by atoms with Crippen molar-refractivity contribution >= 4 is 11.8 Å². The summed E-state index contributed by atoms with van der Waals surface area (Å²) in [5.41, 5.74) is 0.887. The number of hydrogen-bond donors (Lipinski definition) is 1. The van der Waals surface area contributed by atoms with Gasteiger partial charge in [0.2, 0.25) is 5.76 Å². The maximum Gasteiger partial charge on any atom is 0.291 e. The highest BCUT2D eigenvalue weighted by molar-refractivity contribution is 5.92. The highest BCUT2D eigenvalue weighted by Gasteiger charge is 2.28. The number of amides is 2. The Kier molecular flexibility index (Phi) is 6.40. The molecule has 1 fully saturated rings. The Balaban J connectivity index is 1.57. The summed E-state index contributed by atoms with van der Waals surface area (Å²) in [5, 5.41) is 10.7. The molecule has 28 heavy (non-hydrogen) atoms. The van der Waals surface area contributed by atoms with E-state index in [-0.39, 0.29) is 23.4 Å². The minimum atomic E-state index is -0.278. The number of aryl methyl sites for hydroxylation is 2. The third-order valence-corrected chi connectivity index (χ3v) is 4.71. The molecule has 0 bridgehead atoms. The molecule has 3 rings (SSSR count). The summed E-state index contributed by atoms with van der Waals surface area (Å²) in [4.78, 5) is 30.7. The van der Waals surface area contributed by atoms with Crippen molar-refractivity contribution in [2.45, 2.75) is 33.2 Å². The predicted octanol–water partition coefficient (Wildman–Crippen LogP) is 0.812. The van der Waals surface area contributed by atoms with Crippen molar-refractivity contribution in [3.8, 4) is 0 Å². The zero-order valence-corrected chi connectivity index (χ0v) is 16.5. The summed E-state index contributed by atoms with van der Waals surface area (Å²) in [7, 11) is 1.57. The lowest BCUT2D eigenvalue weighted by Gasteiger charge is -2.32. The summed E-state index contributed by atoms with van der Waals surface area (Å²) in [5.74, 6) is 0.634. The Labute approximate surface area is 163 Å². The van der Waals surface area contributed by atoms with Crippen LogP contribution in [0.4, 0.5) is 0 Å². The van der Waals surface area contributed by atoms with Crippen molar-refractivity contribution < 1.29 is 18.7 Å². The van der Waals surface area contributed by atoms with Crippen LogP contribution in [0.5, 0.6) is 0 Å². The molecule has 3 heterocycles. The first kappa shape index (κ1) is 20.0. The van der Waals surface area contributed by atoms with E-state index in [1.54, 1.807) is 36.7 Å². The molecule has 0 saturated carbocycles. The van der Waals surface area contributed by atoms with Crippen molar-refractivity contribution in [3.63, 3.8) is 0 Å². The molecule has 10 nitrogen and oxygen atoms in total. The lowest BCUT2D eigenvalue weighted by Crippen LogP contribution is -2.41. The molecule has 0 radical (unpaired) electrons. The number of nitrogens with zero attached hydrogens (tertiary/aromatic N) is 5. The van der Waals surface area contributed by atoms with Gasteiger partial charge in [0.15, 0.2) is 11.6 Å². The Morgan fingerprint density at radius 1 is 1.39 bits per heavy atom. The number of carbonyl (C=O) groups is 2. The Hall–Kier alpha value is -2.75. The number of aromatic nitrogens is 4. The molecular weight excluding hydrogens is 364 g/mol. The fraction of sp³-hybridized carbons (Fsp3) is 0.611. The van der Waals surface area contributed by atoms with E-state index >= 15 is 0 Å². The monoisotopic (exact) mass is 390 g/mol. The second-order valence-corrected chi connectivity index (χ2v) is 6.98. The van der Waals surface area contributed by atoms with Crippen molar-refractivity contribution in [3.05, 3.63) is 29.2 Å². The van der Waals surface area contributed by atoms with Gasteiger partial charge in [0.25, 0.3) is 11.8 Å². The zero-order chi connectivity index (χ0) is 20.1. The highest BCUT2D eigenvalue weighted by atomic mass is 16.5. The molecule has 0 unspecified atom stereocenters. The molecule has 0 spiro atoms. The molecule has 0 aliphatic carbocycles. The Morgan fingerprint density at radius 3 is 2.93 bits per heavy atom. The molecule has 2 aromatic heterocycles. The van der Waals surface area contributed by atoms with Gasteiger partial charge in [-0.15, -0.1) is 5.10 Å². The van der Waals surface area contributed by atoms with Crippen LogP contribution in [0, 0.1) is 19.8 Å². The lowest BCUT2D eigenvalue weighted by atomic mass is 9.98. The van der Waals surface area contributed by atoms with Gasteiger partial charge in [-0.3, -0.25) is 14.3 Å². The van der Waals surface area contributed by atoms with E-state index in [0.29, 0.717) is 50.1 Å². The normalized spacial score (nSPS) is 17.0. The number of carbonyl (C=O) groups excluding carboxylic acids is 2. The van der Waals surface area contributed by atoms with E-state index in [9.17, 15) is 9.59 Å². The van der Waals surface area contributed by atoms with Gasteiger partial charge in [-0.25, -0.2) is 4.98 Å². The van der Waals surface area contributed by atoms with Crippen LogP contribution in [-0.4, -0.2) is 70.0 Å². The van der Waals surface area contributed by atoms with Crippen LogP contribution in [-0.2, 0) is 11.3 Å². The third kappa shape index (κ3) is 4.75. The molecule has 2 aromatic rings. The lowest BCUT2D eigenvalue weighted by molar-refractivity contribution is 0.0625. The molecule has 1 N–H and O–H groups in total. The van der Waals surface area contributed by atoms with Gasteiger partial charge in [0, 0.05) is 40.2 Å². The number of oxazole rings is 1. The topological polar surface area (TPSA) is 115 Å². The summed E-state index contributed by atoms with van der Waals surface area (Å²) in [6, 6.07) is 0. The maximum atomic E-state index is 12.7. The van der Waals surface area contributed by atoms with Gasteiger partial charge < -0.3 is 19.4 Å². The van der Waals surface area contributed by atoms with Crippen molar-refractivity contribution in [2.24, 2.45) is 5.92 Å². The van der Waals surface area contributed by atoms with Crippen LogP contribution in [0.1, 0.15) is 45.5 Å². The number of ether oxygens (including phenoxy) is 1. The first-order valence-electron chi connectivity index (χ1n) is 9.38. The van der Waals surface area contributed by atoms with Gasteiger partial charge in [0.1, 0.15) is 0 Å². The Morgan fingerprint density at radius 2 is 2.21 bits per heavy atom. The van der Waals surface area contributed by atoms with E-state index in [2.05, 4.69) is 20.6 Å². The van der Waals surface area contributed by atoms with Gasteiger partial charge in [0.05, 0.1) is 18.5 Å². The summed E-state index contributed by atoms with van der Waals surface area (Å²) >= 11 is 0. The Bertz CT molecular complexity index is 830. The van der Waals surface area contributed by atoms with Crippen molar-refractivity contribution in [1.29, 1.82) is 0 Å². The molecule has 10 heteroatoms. The van der Waals surface area contributed by atoms with Crippen molar-refractivity contribution in [1.82, 2.24) is 30.2 Å². The highest BCUT2D eigenvalue weighted by Crippen LogP contribution is 2.21. The molecule has 1 saturated heterocycles. The van der Waals surface area contributed by atoms with E-state index in [4.69, 9.17) is 9.15 Å². The average Bonchev–Trinajstić information content (AvgIpc) is 3.27. The van der Waals surface area contributed by atoms with Gasteiger partial charge in [-0.05, 0) is 25.7 Å². The molecule has 2 amide bonds. The van der Waals surface area contributed by atoms with Crippen LogP contribution < -0.4 is 5.32 Å². The summed E-state index contributed by atoms with van der Waals surface area (Å²) < 4.78 is 12.0. The van der Waals surface area contributed by atoms with Gasteiger partial charge in [-0.1, -0.05) is 5.21 Å². The predicted molar refractivity (Wildman–Crippen MR) is 98.8 cm³/mol. The minimum absolute atomic E-state index is 0.125. The van der Waals surface area contributed by atoms with Crippen LogP contribution in [0.3, 0.4) is 0 Å². The largest absolute Gasteiger partial charge is 0.436 e. The maximum absolute atomic E-state index is 12.7. The SMILES string of the molecule is COCCNC(=O)c1cn(C[C@H]2CCCN(C(=O)c3oc(C)nc3C)C2)nn1. The first-order valence-corrected chi connectivity index (χ1v) is 9.38. The number of piperidine rings is 1. The smallest absolute Gasteiger partial charge is 0.291 e. The summed E-state index contributed by atoms with van der Waals surface area (Å²) in [6.07, 6.45) is 3.52. The zero-order valence-electron chi connectivity index (χ0n) is 16.5. The number of hydrogen-bond acceptors (Lipinski definition) is 7. The molecule has 1 aliphatic heterocycles. The third-order valence-electron chi connectivity index (χ3n) is 4.71. The van der Waals surface area contributed by atoms with Crippen LogP contribution in [0.25, 0.3) is 0 Å². The van der Waals surface area contributed by atoms with Gasteiger partial charge in [-0.2, -0.15) is 0 Å². The molecule has 152 valence electrons. The second kappa shape index (κ2) is 8.96. The van der Waals surface area contributed by atoms with E-state index in [1.807, 2.05) is 0 Å². The fourth-order valence-electron chi connectivity index (χ4n) is 3.39. The number of likely N-dealkylation sites (tertiary alicyclic amines) is 1. The number of nitrogens with one attached hydrogen (secondary N) is 1. The first-order chi connectivity index (χ1) is 13.5. The summed E-state index contributed by atoms with van der Waals surface area (Å²) in [6.45, 7) is 6.26. The molecule has 1 atom stereocenters. The van der Waals surface area contributed by atoms with Crippen LogP contribution in [0.15, 0.2) is 10.6 Å². The molecule has 0 aromatic carbocycles. The molecule has 1 aliphatic rings. The quantitative estimate of drug-likeness (QED) is 0.696. The van der Waals surface area contributed by atoms with Crippen LogP contribution >= 0.6 is 0 Å². The fourth-order valence-corrected chi connectivity index (χ4v) is 3.39. The van der Waals surface area contributed by atoms with E-state index in [1.165, 1.54) is 0 Å². The van der Waals surface area contributed by atoms with E-state index in [0.717, 1.165) is 12.8 Å². The average molecular weight is 390 g/mol. The number of rotatable bonds is 7. The standard InChI is InChI=1S/C18H26N6O4/c1-12-16(28-13(2)20-12)18(26)23-7-4-5-14(9-23)10-24-11-15(21-22-24)17(25)19-6-8-27-3/h11,14H,4-10H2,1-3H3,(H,19,25)/t14-/m0/s1. The number of methoxy groups -OCH3 is 1. The van der Waals surface area contributed by atoms with Crippen molar-refractivity contribution in [2.75, 3.05) is 33.4 Å². The van der Waals surface area contributed by atoms with Gasteiger partial charge >= 0.3 is 0 Å².